The van der Waals surface area contributed by atoms with Gasteiger partial charge < -0.3 is 5.32 Å². The topological polar surface area (TPSA) is 101 Å². The maximum Gasteiger partial charge on any atom is 0.273 e. The minimum absolute atomic E-state index is 0.267. The van der Waals surface area contributed by atoms with Crippen molar-refractivity contribution in [3.8, 4) is 5.69 Å². The number of benzene rings is 1. The van der Waals surface area contributed by atoms with Gasteiger partial charge in [0.15, 0.2) is 5.69 Å². The molecule has 8 nitrogen and oxygen atoms in total. The highest BCUT2D eigenvalue weighted by molar-refractivity contribution is 5.91. The lowest BCUT2D eigenvalue weighted by atomic mass is 10.3. The maximum atomic E-state index is 11.9. The molecule has 2 N–H and O–H groups in total. The van der Waals surface area contributed by atoms with E-state index in [1.807, 2.05) is 30.3 Å². The predicted molar refractivity (Wildman–Crippen MR) is 73.8 cm³/mol. The van der Waals surface area contributed by atoms with Crippen LogP contribution in [0.4, 0.5) is 0 Å². The summed E-state index contributed by atoms with van der Waals surface area (Å²) in [5.41, 5.74) is 1.08. The molecule has 8 heteroatoms. The lowest BCUT2D eigenvalue weighted by Crippen LogP contribution is -2.26. The van der Waals surface area contributed by atoms with Gasteiger partial charge in [-0.1, -0.05) is 18.2 Å². The smallest absolute Gasteiger partial charge is 0.273 e. The molecule has 0 aliphatic heterocycles. The van der Waals surface area contributed by atoms with Crippen molar-refractivity contribution >= 4 is 5.91 Å². The second kappa shape index (κ2) is 5.95. The van der Waals surface area contributed by atoms with Gasteiger partial charge in [0.25, 0.3) is 5.91 Å². The molecule has 0 unspecified atom stereocenters. The number of hydrogen-bond donors (Lipinski definition) is 2. The average molecular weight is 283 g/mol. The molecule has 2 heterocycles. The van der Waals surface area contributed by atoms with Gasteiger partial charge in [-0.25, -0.2) is 4.98 Å². The number of carbonyl (C=O) groups excluding carboxylic acids is 1. The van der Waals surface area contributed by atoms with E-state index >= 15 is 0 Å². The normalized spacial score (nSPS) is 10.5. The van der Waals surface area contributed by atoms with Crippen molar-refractivity contribution in [2.24, 2.45) is 0 Å². The molecule has 0 spiro atoms. The van der Waals surface area contributed by atoms with Gasteiger partial charge in [0.2, 0.25) is 0 Å². The van der Waals surface area contributed by atoms with Gasteiger partial charge in [-0.05, 0) is 12.1 Å². The van der Waals surface area contributed by atoms with Crippen molar-refractivity contribution in [1.82, 2.24) is 35.5 Å². The van der Waals surface area contributed by atoms with E-state index < -0.39 is 0 Å². The molecule has 1 aromatic carbocycles. The number of nitrogens with zero attached hydrogens (tertiary/aromatic N) is 5. The summed E-state index contributed by atoms with van der Waals surface area (Å²) in [5.74, 6) is 0.458. The molecule has 0 bridgehead atoms. The Morgan fingerprint density at radius 1 is 1.29 bits per heavy atom. The van der Waals surface area contributed by atoms with Gasteiger partial charge in [0.05, 0.1) is 11.9 Å². The number of carbonyl (C=O) groups is 1. The Bertz CT molecular complexity index is 705. The van der Waals surface area contributed by atoms with Gasteiger partial charge in [-0.2, -0.15) is 15.0 Å². The van der Waals surface area contributed by atoms with Crippen molar-refractivity contribution in [1.29, 1.82) is 0 Å². The van der Waals surface area contributed by atoms with E-state index in [-0.39, 0.29) is 11.6 Å². The summed E-state index contributed by atoms with van der Waals surface area (Å²) in [5, 5.41) is 17.5. The van der Waals surface area contributed by atoms with Crippen LogP contribution in [0.2, 0.25) is 0 Å². The van der Waals surface area contributed by atoms with E-state index in [1.165, 1.54) is 17.3 Å². The fraction of sp³-hybridized carbons (Fsp3) is 0.154. The Morgan fingerprint density at radius 3 is 2.90 bits per heavy atom. The number of para-hydroxylation sites is 1. The molecule has 0 radical (unpaired) electrons. The summed E-state index contributed by atoms with van der Waals surface area (Å²) < 4.78 is 0. The minimum Gasteiger partial charge on any atom is -0.350 e. The van der Waals surface area contributed by atoms with E-state index in [9.17, 15) is 4.79 Å². The van der Waals surface area contributed by atoms with Crippen molar-refractivity contribution in [3.63, 3.8) is 0 Å². The molecular weight excluding hydrogens is 270 g/mol. The predicted octanol–water partition coefficient (Wildman–Crippen LogP) is 0.358. The second-order valence-corrected chi connectivity index (χ2v) is 4.29. The molecule has 3 aromatic rings. The number of hydrogen-bond acceptors (Lipinski definition) is 5. The van der Waals surface area contributed by atoms with Crippen LogP contribution in [0.3, 0.4) is 0 Å². The minimum atomic E-state index is -0.267. The molecule has 0 aliphatic carbocycles. The number of aromatic amines is 1. The lowest BCUT2D eigenvalue weighted by Gasteiger charge is -2.00. The SMILES string of the molecule is O=C(NCCc1ncn[nH]1)c1cnn(-c2ccccc2)n1. The highest BCUT2D eigenvalue weighted by Gasteiger charge is 2.11. The average Bonchev–Trinajstić information content (AvgIpc) is 3.20. The largest absolute Gasteiger partial charge is 0.350 e. The van der Waals surface area contributed by atoms with Crippen LogP contribution in [-0.2, 0) is 6.42 Å². The molecule has 0 atom stereocenters. The number of rotatable bonds is 5. The highest BCUT2D eigenvalue weighted by Crippen LogP contribution is 2.04. The van der Waals surface area contributed by atoms with Gasteiger partial charge in [-0.15, -0.1) is 5.10 Å². The first-order valence-electron chi connectivity index (χ1n) is 6.43. The zero-order valence-corrected chi connectivity index (χ0v) is 11.1. The molecule has 3 rings (SSSR count). The summed E-state index contributed by atoms with van der Waals surface area (Å²) in [7, 11) is 0. The quantitative estimate of drug-likeness (QED) is 0.704. The fourth-order valence-corrected chi connectivity index (χ4v) is 1.79. The summed E-state index contributed by atoms with van der Waals surface area (Å²) in [6, 6.07) is 9.41. The van der Waals surface area contributed by atoms with Crippen LogP contribution in [0.15, 0.2) is 42.9 Å². The van der Waals surface area contributed by atoms with Crippen molar-refractivity contribution in [2.45, 2.75) is 6.42 Å². The van der Waals surface area contributed by atoms with Crippen LogP contribution in [-0.4, -0.2) is 42.6 Å². The third-order valence-corrected chi connectivity index (χ3v) is 2.82. The third-order valence-electron chi connectivity index (χ3n) is 2.82. The fourth-order valence-electron chi connectivity index (χ4n) is 1.79. The molecule has 2 aromatic heterocycles. The highest BCUT2D eigenvalue weighted by atomic mass is 16.2. The monoisotopic (exact) mass is 283 g/mol. The summed E-state index contributed by atoms with van der Waals surface area (Å²) in [6.45, 7) is 0.451. The van der Waals surface area contributed by atoms with E-state index in [2.05, 4.69) is 30.7 Å². The molecule has 106 valence electrons. The van der Waals surface area contributed by atoms with Crippen LogP contribution < -0.4 is 5.32 Å². The lowest BCUT2D eigenvalue weighted by molar-refractivity contribution is 0.0948. The number of aromatic nitrogens is 6. The van der Waals surface area contributed by atoms with E-state index in [0.29, 0.717) is 13.0 Å². The molecule has 1 amide bonds. The van der Waals surface area contributed by atoms with Crippen molar-refractivity contribution < 1.29 is 4.79 Å². The molecular formula is C13H13N7O. The molecule has 0 aliphatic rings. The van der Waals surface area contributed by atoms with Gasteiger partial charge in [0, 0.05) is 13.0 Å². The number of amides is 1. The Kier molecular flexibility index (Phi) is 3.68. The van der Waals surface area contributed by atoms with Crippen LogP contribution in [0.5, 0.6) is 0 Å². The third kappa shape index (κ3) is 3.11. The van der Waals surface area contributed by atoms with Crippen LogP contribution in [0, 0.1) is 0 Å². The zero-order chi connectivity index (χ0) is 14.5. The van der Waals surface area contributed by atoms with E-state index in [0.717, 1.165) is 11.5 Å². The molecule has 0 saturated heterocycles. The molecule has 0 fully saturated rings. The first kappa shape index (κ1) is 13.0. The van der Waals surface area contributed by atoms with Crippen LogP contribution in [0.25, 0.3) is 5.69 Å². The molecule has 0 saturated carbocycles. The Balaban J connectivity index is 1.59. The second-order valence-electron chi connectivity index (χ2n) is 4.29. The Morgan fingerprint density at radius 2 is 2.14 bits per heavy atom. The standard InChI is InChI=1S/C13H13N7O/c21-13(14-7-6-12-15-9-16-18-12)11-8-17-20(19-11)10-4-2-1-3-5-10/h1-5,8-9H,6-7H2,(H,14,21)(H,15,16,18). The van der Waals surface area contributed by atoms with E-state index in [1.54, 1.807) is 0 Å². The number of nitrogens with one attached hydrogen (secondary N) is 2. The first-order chi connectivity index (χ1) is 10.3. The van der Waals surface area contributed by atoms with Gasteiger partial charge in [-0.3, -0.25) is 9.89 Å². The van der Waals surface area contributed by atoms with Gasteiger partial charge >= 0.3 is 0 Å². The van der Waals surface area contributed by atoms with Crippen molar-refractivity contribution in [2.75, 3.05) is 6.54 Å². The van der Waals surface area contributed by atoms with Crippen molar-refractivity contribution in [3.05, 3.63) is 54.4 Å². The molecule has 21 heavy (non-hydrogen) atoms. The van der Waals surface area contributed by atoms with E-state index in [4.69, 9.17) is 0 Å². The summed E-state index contributed by atoms with van der Waals surface area (Å²) >= 11 is 0. The van der Waals surface area contributed by atoms with Gasteiger partial charge in [0.1, 0.15) is 12.2 Å². The maximum absolute atomic E-state index is 11.9. The zero-order valence-electron chi connectivity index (χ0n) is 11.1. The van der Waals surface area contributed by atoms with Crippen LogP contribution in [0.1, 0.15) is 16.3 Å². The number of H-pyrrole nitrogens is 1. The first-order valence-corrected chi connectivity index (χ1v) is 6.43. The summed E-state index contributed by atoms with van der Waals surface area (Å²) in [4.78, 5) is 17.3. The summed E-state index contributed by atoms with van der Waals surface area (Å²) in [6.07, 6.45) is 3.46. The Hall–Kier alpha value is -3.03. The van der Waals surface area contributed by atoms with Crippen LogP contribution >= 0.6 is 0 Å². The Labute approximate surface area is 120 Å².